The van der Waals surface area contributed by atoms with E-state index in [4.69, 9.17) is 4.74 Å². The molecule has 0 saturated heterocycles. The Bertz CT molecular complexity index is 790. The maximum absolute atomic E-state index is 13.3. The second-order valence-corrected chi connectivity index (χ2v) is 7.81. The van der Waals surface area contributed by atoms with Gasteiger partial charge in [0.2, 0.25) is 5.91 Å². The highest BCUT2D eigenvalue weighted by Gasteiger charge is 2.44. The fourth-order valence-electron chi connectivity index (χ4n) is 3.52. The predicted molar refractivity (Wildman–Crippen MR) is 107 cm³/mol. The number of carbonyl (C=O) groups excluding carboxylic acids is 2. The number of rotatable bonds is 7. The summed E-state index contributed by atoms with van der Waals surface area (Å²) < 4.78 is 5.23. The van der Waals surface area contributed by atoms with Gasteiger partial charge in [-0.25, -0.2) is 0 Å². The molecule has 2 aromatic rings. The van der Waals surface area contributed by atoms with Crippen molar-refractivity contribution in [3.05, 3.63) is 57.8 Å². The fraction of sp³-hybridized carbons (Fsp3) is 0.429. The van der Waals surface area contributed by atoms with Gasteiger partial charge in [-0.3, -0.25) is 9.59 Å². The number of fused-ring (bicyclic) bond motifs is 1. The highest BCUT2D eigenvalue weighted by Crippen LogP contribution is 2.44. The summed E-state index contributed by atoms with van der Waals surface area (Å²) in [6, 6.07) is 11.2. The Balaban J connectivity index is 2.10. The van der Waals surface area contributed by atoms with E-state index in [1.165, 1.54) is 0 Å². The highest BCUT2D eigenvalue weighted by molar-refractivity contribution is 7.10. The lowest BCUT2D eigenvalue weighted by Gasteiger charge is -2.41. The van der Waals surface area contributed by atoms with Crippen molar-refractivity contribution in [2.45, 2.75) is 38.3 Å². The van der Waals surface area contributed by atoms with Crippen molar-refractivity contribution in [1.29, 1.82) is 0 Å². The quantitative estimate of drug-likeness (QED) is 0.791. The third-order valence-electron chi connectivity index (χ3n) is 5.09. The summed E-state index contributed by atoms with van der Waals surface area (Å²) in [7, 11) is 1.62. The van der Waals surface area contributed by atoms with Gasteiger partial charge in [-0.15, -0.1) is 11.3 Å². The van der Waals surface area contributed by atoms with Crippen molar-refractivity contribution in [3.8, 4) is 0 Å². The van der Waals surface area contributed by atoms with Crippen LogP contribution >= 0.6 is 11.3 Å². The van der Waals surface area contributed by atoms with E-state index < -0.39 is 5.92 Å². The number of thiophene rings is 1. The first-order valence-electron chi connectivity index (χ1n) is 9.31. The smallest absolute Gasteiger partial charge is 0.254 e. The molecule has 2 amide bonds. The molecule has 3 atom stereocenters. The molecule has 0 bridgehead atoms. The van der Waals surface area contributed by atoms with E-state index in [1.807, 2.05) is 55.6 Å². The molecule has 0 radical (unpaired) electrons. The van der Waals surface area contributed by atoms with E-state index in [0.29, 0.717) is 18.7 Å². The Hall–Kier alpha value is -2.18. The second kappa shape index (κ2) is 8.67. The van der Waals surface area contributed by atoms with Crippen molar-refractivity contribution < 1.29 is 14.3 Å². The Kier molecular flexibility index (Phi) is 6.29. The van der Waals surface area contributed by atoms with Gasteiger partial charge in [0.05, 0.1) is 18.6 Å². The molecule has 1 aromatic carbocycles. The van der Waals surface area contributed by atoms with Gasteiger partial charge in [-0.05, 0) is 36.4 Å². The van der Waals surface area contributed by atoms with Crippen molar-refractivity contribution in [1.82, 2.24) is 10.2 Å². The molecule has 144 valence electrons. The van der Waals surface area contributed by atoms with Crippen LogP contribution in [-0.2, 0) is 9.53 Å². The lowest BCUT2D eigenvalue weighted by Crippen LogP contribution is -2.49. The first kappa shape index (κ1) is 19.6. The van der Waals surface area contributed by atoms with E-state index in [1.54, 1.807) is 23.3 Å². The van der Waals surface area contributed by atoms with Crippen LogP contribution in [0.25, 0.3) is 0 Å². The van der Waals surface area contributed by atoms with Crippen LogP contribution in [0.5, 0.6) is 0 Å². The van der Waals surface area contributed by atoms with E-state index in [9.17, 15) is 9.59 Å². The van der Waals surface area contributed by atoms with Gasteiger partial charge in [-0.1, -0.05) is 31.2 Å². The van der Waals surface area contributed by atoms with E-state index in [2.05, 4.69) is 5.32 Å². The van der Waals surface area contributed by atoms with E-state index >= 15 is 0 Å². The molecule has 1 aliphatic heterocycles. The Labute approximate surface area is 164 Å². The lowest BCUT2D eigenvalue weighted by atomic mass is 9.81. The van der Waals surface area contributed by atoms with Gasteiger partial charge in [0.15, 0.2) is 0 Å². The molecule has 5 nitrogen and oxygen atoms in total. The summed E-state index contributed by atoms with van der Waals surface area (Å²) in [4.78, 5) is 29.3. The van der Waals surface area contributed by atoms with Crippen LogP contribution in [0.3, 0.4) is 0 Å². The van der Waals surface area contributed by atoms with Crippen LogP contribution in [0.4, 0.5) is 0 Å². The fourth-order valence-corrected chi connectivity index (χ4v) is 4.40. The normalized spacial score (nSPS) is 20.3. The van der Waals surface area contributed by atoms with Crippen molar-refractivity contribution >= 4 is 23.2 Å². The average Bonchev–Trinajstić information content (AvgIpc) is 3.21. The third-order valence-corrected chi connectivity index (χ3v) is 6.04. The zero-order valence-electron chi connectivity index (χ0n) is 16.0. The van der Waals surface area contributed by atoms with Crippen LogP contribution in [0.15, 0.2) is 41.8 Å². The summed E-state index contributed by atoms with van der Waals surface area (Å²) in [5, 5.41) is 5.10. The maximum atomic E-state index is 13.3. The summed E-state index contributed by atoms with van der Waals surface area (Å²) in [6.07, 6.45) is 0.857. The van der Waals surface area contributed by atoms with Gasteiger partial charge in [0.25, 0.3) is 5.91 Å². The molecule has 0 fully saturated rings. The minimum Gasteiger partial charge on any atom is -0.383 e. The van der Waals surface area contributed by atoms with Gasteiger partial charge in [0, 0.05) is 30.1 Å². The molecule has 1 aromatic heterocycles. The number of ether oxygens (including phenoxy) is 1. The van der Waals surface area contributed by atoms with Gasteiger partial charge in [-0.2, -0.15) is 0 Å². The predicted octanol–water partition coefficient (Wildman–Crippen LogP) is 3.59. The molecule has 0 aliphatic carbocycles. The number of carbonyl (C=O) groups is 2. The largest absolute Gasteiger partial charge is 0.383 e. The van der Waals surface area contributed by atoms with E-state index in [-0.39, 0.29) is 23.9 Å². The van der Waals surface area contributed by atoms with E-state index in [0.717, 1.165) is 16.9 Å². The topological polar surface area (TPSA) is 58.6 Å². The van der Waals surface area contributed by atoms with Crippen molar-refractivity contribution in [2.75, 3.05) is 20.3 Å². The van der Waals surface area contributed by atoms with Gasteiger partial charge in [0.1, 0.15) is 0 Å². The third kappa shape index (κ3) is 3.92. The number of hydrogen-bond donors (Lipinski definition) is 1. The molecule has 0 saturated carbocycles. The molecule has 1 aliphatic rings. The van der Waals surface area contributed by atoms with Crippen molar-refractivity contribution in [3.63, 3.8) is 0 Å². The molecule has 2 heterocycles. The Morgan fingerprint density at radius 1 is 1.30 bits per heavy atom. The maximum Gasteiger partial charge on any atom is 0.254 e. The second-order valence-electron chi connectivity index (χ2n) is 6.83. The summed E-state index contributed by atoms with van der Waals surface area (Å²) in [5.41, 5.74) is 1.40. The highest BCUT2D eigenvalue weighted by atomic mass is 32.1. The molecule has 27 heavy (non-hydrogen) atoms. The standard InChI is InChI=1S/C21H26N2O3S/c1-4-14(2)22-20(24)18-15-8-5-6-9-16(15)21(25)23(11-12-26-3)19(18)17-10-7-13-27-17/h5-10,13-14,18-19H,4,11-12H2,1-3H3,(H,22,24)/t14-,18+,19+/m0/s1. The number of nitrogens with one attached hydrogen (secondary N) is 1. The van der Waals surface area contributed by atoms with Crippen LogP contribution < -0.4 is 5.32 Å². The first-order valence-corrected chi connectivity index (χ1v) is 10.2. The molecule has 1 N–H and O–H groups in total. The SMILES string of the molecule is CC[C@H](C)NC(=O)[C@@H]1c2ccccc2C(=O)N(CCOC)[C@@H]1c1cccs1. The molecule has 6 heteroatoms. The minimum absolute atomic E-state index is 0.0369. The summed E-state index contributed by atoms with van der Waals surface area (Å²) in [5.74, 6) is -0.526. The number of nitrogens with zero attached hydrogens (tertiary/aromatic N) is 1. The molecular weight excluding hydrogens is 360 g/mol. The lowest BCUT2D eigenvalue weighted by molar-refractivity contribution is -0.124. The average molecular weight is 387 g/mol. The summed E-state index contributed by atoms with van der Waals surface area (Å²) >= 11 is 1.57. The minimum atomic E-state index is -0.441. The van der Waals surface area contributed by atoms with Crippen LogP contribution in [0.2, 0.25) is 0 Å². The van der Waals surface area contributed by atoms with Gasteiger partial charge < -0.3 is 15.0 Å². The molecular formula is C21H26N2O3S. The van der Waals surface area contributed by atoms with Crippen LogP contribution in [0, 0.1) is 0 Å². The zero-order valence-corrected chi connectivity index (χ0v) is 16.8. The molecule has 0 spiro atoms. The number of benzene rings is 1. The first-order chi connectivity index (χ1) is 13.1. The number of amides is 2. The Morgan fingerprint density at radius 3 is 2.74 bits per heavy atom. The van der Waals surface area contributed by atoms with Crippen LogP contribution in [-0.4, -0.2) is 43.0 Å². The molecule has 3 rings (SSSR count). The zero-order chi connectivity index (χ0) is 19.4. The van der Waals surface area contributed by atoms with Crippen molar-refractivity contribution in [2.24, 2.45) is 0 Å². The molecule has 0 unspecified atom stereocenters. The number of hydrogen-bond acceptors (Lipinski definition) is 4. The van der Waals surface area contributed by atoms with Crippen LogP contribution in [0.1, 0.15) is 53.0 Å². The van der Waals surface area contributed by atoms with Gasteiger partial charge >= 0.3 is 0 Å². The Morgan fingerprint density at radius 2 is 2.07 bits per heavy atom. The number of methoxy groups -OCH3 is 1. The monoisotopic (exact) mass is 386 g/mol. The summed E-state index contributed by atoms with van der Waals surface area (Å²) in [6.45, 7) is 4.92.